The maximum atomic E-state index is 14.2. The Hall–Kier alpha value is -2.73. The molecule has 0 spiro atoms. The summed E-state index contributed by atoms with van der Waals surface area (Å²) in [4.78, 5) is 22.2. The van der Waals surface area contributed by atoms with E-state index in [1.54, 1.807) is 28.4 Å². The molecule has 1 heterocycles. The third kappa shape index (κ3) is 4.75. The molecule has 0 aliphatic heterocycles. The highest BCUT2D eigenvalue weighted by Crippen LogP contribution is 2.26. The lowest BCUT2D eigenvalue weighted by Crippen LogP contribution is -2.35. The van der Waals surface area contributed by atoms with Crippen LogP contribution < -0.4 is 9.80 Å². The van der Waals surface area contributed by atoms with E-state index in [9.17, 15) is 9.18 Å². The van der Waals surface area contributed by atoms with Gasteiger partial charge in [0, 0.05) is 36.0 Å². The smallest absolute Gasteiger partial charge is 0.261 e. The van der Waals surface area contributed by atoms with Crippen molar-refractivity contribution < 1.29 is 9.18 Å². The molecule has 6 heteroatoms. The number of benzene rings is 2. The van der Waals surface area contributed by atoms with Gasteiger partial charge in [-0.15, -0.1) is 11.3 Å². The van der Waals surface area contributed by atoms with Crippen LogP contribution in [-0.2, 0) is 6.54 Å². The second-order valence-corrected chi connectivity index (χ2v) is 8.10. The van der Waals surface area contributed by atoms with Crippen LogP contribution >= 0.6 is 11.3 Å². The Morgan fingerprint density at radius 3 is 2.57 bits per heavy atom. The molecule has 2 aromatic carbocycles. The number of rotatable bonds is 7. The summed E-state index contributed by atoms with van der Waals surface area (Å²) in [7, 11) is 2.00. The fraction of sp³-hybridized carbons (Fsp3) is 0.273. The van der Waals surface area contributed by atoms with Crippen molar-refractivity contribution in [2.75, 3.05) is 23.4 Å². The highest BCUT2D eigenvalue weighted by Gasteiger charge is 2.22. The van der Waals surface area contributed by atoms with E-state index < -0.39 is 5.82 Å². The topological polar surface area (TPSA) is 36.4 Å². The van der Waals surface area contributed by atoms with Gasteiger partial charge in [-0.3, -0.25) is 9.78 Å². The fourth-order valence-corrected chi connectivity index (χ4v) is 3.64. The quantitative estimate of drug-likeness (QED) is 0.548. The first-order valence-corrected chi connectivity index (χ1v) is 10.1. The van der Waals surface area contributed by atoms with Crippen molar-refractivity contribution in [3.05, 3.63) is 76.5 Å². The zero-order valence-electron chi connectivity index (χ0n) is 16.3. The summed E-state index contributed by atoms with van der Waals surface area (Å²) in [5.74, 6) is -0.580. The maximum absolute atomic E-state index is 14.2. The predicted octanol–water partition coefficient (Wildman–Crippen LogP) is 5.22. The van der Waals surface area contributed by atoms with Gasteiger partial charge in [0.15, 0.2) is 0 Å². The molecular weight excluding hydrogens is 373 g/mol. The van der Waals surface area contributed by atoms with Crippen molar-refractivity contribution in [2.24, 2.45) is 5.92 Å². The van der Waals surface area contributed by atoms with Crippen LogP contribution in [0.5, 0.6) is 0 Å². The van der Waals surface area contributed by atoms with Crippen molar-refractivity contribution in [2.45, 2.75) is 20.4 Å². The third-order valence-electron chi connectivity index (χ3n) is 4.36. The Morgan fingerprint density at radius 1 is 1.14 bits per heavy atom. The number of carbonyl (C=O) groups excluding carboxylic acids is 1. The number of hydrogen-bond donors (Lipinski definition) is 0. The van der Waals surface area contributed by atoms with Crippen LogP contribution in [0.25, 0.3) is 0 Å². The largest absolute Gasteiger partial charge is 0.369 e. The predicted molar refractivity (Wildman–Crippen MR) is 114 cm³/mol. The minimum absolute atomic E-state index is 0.0894. The molecule has 1 amide bonds. The third-order valence-corrected chi connectivity index (χ3v) is 5.12. The van der Waals surface area contributed by atoms with Crippen molar-refractivity contribution in [1.82, 2.24) is 4.98 Å². The van der Waals surface area contributed by atoms with Crippen LogP contribution in [0.15, 0.2) is 60.2 Å². The van der Waals surface area contributed by atoms with Crippen molar-refractivity contribution in [1.29, 1.82) is 0 Å². The van der Waals surface area contributed by atoms with Gasteiger partial charge in [0.1, 0.15) is 5.82 Å². The molecule has 0 atom stereocenters. The number of anilines is 2. The van der Waals surface area contributed by atoms with E-state index in [1.165, 1.54) is 12.1 Å². The van der Waals surface area contributed by atoms with E-state index >= 15 is 0 Å². The molecule has 0 unspecified atom stereocenters. The Morgan fingerprint density at radius 2 is 1.89 bits per heavy atom. The summed E-state index contributed by atoms with van der Waals surface area (Å²) in [5.41, 5.74) is 3.65. The molecule has 0 saturated carbocycles. The van der Waals surface area contributed by atoms with Crippen molar-refractivity contribution >= 4 is 28.6 Å². The normalized spacial score (nSPS) is 10.9. The summed E-state index contributed by atoms with van der Waals surface area (Å²) in [6.45, 7) is 5.33. The van der Waals surface area contributed by atoms with Crippen molar-refractivity contribution in [3.8, 4) is 0 Å². The fourth-order valence-electron chi connectivity index (χ4n) is 2.99. The number of carbonyl (C=O) groups is 1. The van der Waals surface area contributed by atoms with E-state index in [0.29, 0.717) is 6.54 Å². The van der Waals surface area contributed by atoms with E-state index in [-0.39, 0.29) is 17.4 Å². The minimum Gasteiger partial charge on any atom is -0.369 e. The standard InChI is InChI=1S/C22H24FN3OS/c1-16(2)13-26(22(27)20-9-4-5-10-21(20)23)18-8-6-7-17(11-18)25(3)14-19-12-24-15-28-19/h4-12,15-16H,13-14H2,1-3H3. The number of thiazole rings is 1. The zero-order valence-corrected chi connectivity index (χ0v) is 17.1. The molecule has 28 heavy (non-hydrogen) atoms. The van der Waals surface area contributed by atoms with Gasteiger partial charge in [-0.05, 0) is 36.2 Å². The van der Waals surface area contributed by atoms with E-state index in [0.717, 1.165) is 22.8 Å². The van der Waals surface area contributed by atoms with Crippen LogP contribution in [0.4, 0.5) is 15.8 Å². The van der Waals surface area contributed by atoms with Gasteiger partial charge in [-0.25, -0.2) is 4.39 Å². The molecule has 3 aromatic rings. The number of hydrogen-bond acceptors (Lipinski definition) is 4. The lowest BCUT2D eigenvalue weighted by Gasteiger charge is -2.27. The molecule has 3 rings (SSSR count). The van der Waals surface area contributed by atoms with Gasteiger partial charge in [-0.2, -0.15) is 0 Å². The highest BCUT2D eigenvalue weighted by molar-refractivity contribution is 7.09. The minimum atomic E-state index is -0.500. The molecule has 1 aromatic heterocycles. The van der Waals surface area contributed by atoms with E-state index in [1.807, 2.05) is 56.9 Å². The zero-order chi connectivity index (χ0) is 20.1. The maximum Gasteiger partial charge on any atom is 0.261 e. The Kier molecular flexibility index (Phi) is 6.41. The molecule has 0 saturated heterocycles. The first kappa shape index (κ1) is 20.0. The van der Waals surface area contributed by atoms with Crippen LogP contribution in [-0.4, -0.2) is 24.5 Å². The average molecular weight is 398 g/mol. The summed E-state index contributed by atoms with van der Waals surface area (Å²) in [6.07, 6.45) is 1.86. The number of halogens is 1. The molecule has 0 fully saturated rings. The van der Waals surface area contributed by atoms with Gasteiger partial charge in [0.2, 0.25) is 0 Å². The second-order valence-electron chi connectivity index (χ2n) is 7.13. The molecule has 0 aliphatic carbocycles. The Balaban J connectivity index is 1.90. The van der Waals surface area contributed by atoms with Crippen LogP contribution in [0, 0.1) is 11.7 Å². The summed E-state index contributed by atoms with van der Waals surface area (Å²) >= 11 is 1.61. The van der Waals surface area contributed by atoms with Crippen LogP contribution in [0.1, 0.15) is 29.1 Å². The second kappa shape index (κ2) is 8.97. The SMILES string of the molecule is CC(C)CN(C(=O)c1ccccc1F)c1cccc(N(C)Cc2cncs2)c1. The summed E-state index contributed by atoms with van der Waals surface area (Å²) in [6, 6.07) is 13.9. The Labute approximate surface area is 169 Å². The molecular formula is C22H24FN3OS. The molecule has 0 N–H and O–H groups in total. The van der Waals surface area contributed by atoms with Gasteiger partial charge in [-0.1, -0.05) is 32.0 Å². The van der Waals surface area contributed by atoms with Crippen LogP contribution in [0.3, 0.4) is 0 Å². The lowest BCUT2D eigenvalue weighted by atomic mass is 10.1. The molecule has 4 nitrogen and oxygen atoms in total. The average Bonchev–Trinajstić information content (AvgIpc) is 3.19. The van der Waals surface area contributed by atoms with Gasteiger partial charge in [0.25, 0.3) is 5.91 Å². The van der Waals surface area contributed by atoms with E-state index in [2.05, 4.69) is 9.88 Å². The summed E-state index contributed by atoms with van der Waals surface area (Å²) < 4.78 is 14.2. The lowest BCUT2D eigenvalue weighted by molar-refractivity contribution is 0.0980. The Bertz CT molecular complexity index is 927. The number of nitrogens with zero attached hydrogens (tertiary/aromatic N) is 3. The number of aromatic nitrogens is 1. The van der Waals surface area contributed by atoms with Gasteiger partial charge >= 0.3 is 0 Å². The molecule has 0 bridgehead atoms. The van der Waals surface area contributed by atoms with Crippen molar-refractivity contribution in [3.63, 3.8) is 0 Å². The van der Waals surface area contributed by atoms with E-state index in [4.69, 9.17) is 0 Å². The molecule has 0 aliphatic rings. The summed E-state index contributed by atoms with van der Waals surface area (Å²) in [5, 5.41) is 0. The van der Waals surface area contributed by atoms with Crippen LogP contribution in [0.2, 0.25) is 0 Å². The molecule has 0 radical (unpaired) electrons. The number of amides is 1. The molecule has 146 valence electrons. The van der Waals surface area contributed by atoms with Gasteiger partial charge in [0.05, 0.1) is 17.6 Å². The monoisotopic (exact) mass is 397 g/mol. The highest BCUT2D eigenvalue weighted by atomic mass is 32.1. The first-order chi connectivity index (χ1) is 13.5. The first-order valence-electron chi connectivity index (χ1n) is 9.20. The van der Waals surface area contributed by atoms with Gasteiger partial charge < -0.3 is 9.80 Å².